The minimum Gasteiger partial charge on any atom is -0.257 e. The third-order valence-corrected chi connectivity index (χ3v) is 1.79. The fraction of sp³-hybridized carbons (Fsp3) is 0.500. The van der Waals surface area contributed by atoms with Crippen LogP contribution in [0.3, 0.4) is 0 Å². The predicted molar refractivity (Wildman–Crippen MR) is 37.8 cm³/mol. The second kappa shape index (κ2) is 2.44. The van der Waals surface area contributed by atoms with Gasteiger partial charge in [0.1, 0.15) is 5.15 Å². The second-order valence-corrected chi connectivity index (χ2v) is 2.72. The highest BCUT2D eigenvalue weighted by Gasteiger charge is 2.29. The Bertz CT molecular complexity index is 264. The molecule has 0 atom stereocenters. The van der Waals surface area contributed by atoms with Crippen molar-refractivity contribution in [3.63, 3.8) is 0 Å². The van der Waals surface area contributed by atoms with Gasteiger partial charge in [-0.2, -0.15) is 5.10 Å². The number of halogens is 3. The highest BCUT2D eigenvalue weighted by atomic mass is 35.5. The maximum atomic E-state index is 12.6. The first-order valence-corrected chi connectivity index (χ1v) is 3.36. The van der Waals surface area contributed by atoms with Crippen LogP contribution in [0.1, 0.15) is 12.5 Å². The van der Waals surface area contributed by atoms with E-state index in [1.54, 1.807) is 0 Å². The average molecular weight is 181 g/mol. The molecule has 1 aromatic heterocycles. The summed E-state index contributed by atoms with van der Waals surface area (Å²) >= 11 is 5.51. The summed E-state index contributed by atoms with van der Waals surface area (Å²) in [6.45, 7) is 0.788. The summed E-state index contributed by atoms with van der Waals surface area (Å²) in [7, 11) is 1.51. The van der Waals surface area contributed by atoms with E-state index in [-0.39, 0.29) is 10.7 Å². The van der Waals surface area contributed by atoms with Crippen molar-refractivity contribution in [3.8, 4) is 0 Å². The van der Waals surface area contributed by atoms with Crippen LogP contribution in [0.5, 0.6) is 0 Å². The van der Waals surface area contributed by atoms with E-state index in [0.717, 1.165) is 13.1 Å². The van der Waals surface area contributed by atoms with Gasteiger partial charge < -0.3 is 0 Å². The van der Waals surface area contributed by atoms with Crippen molar-refractivity contribution < 1.29 is 8.78 Å². The summed E-state index contributed by atoms with van der Waals surface area (Å²) in [5.74, 6) is -2.91. The molecule has 0 aliphatic rings. The van der Waals surface area contributed by atoms with Gasteiger partial charge in [-0.25, -0.2) is 8.78 Å². The summed E-state index contributed by atoms with van der Waals surface area (Å²) < 4.78 is 26.4. The van der Waals surface area contributed by atoms with Crippen LogP contribution in [0.15, 0.2) is 6.20 Å². The number of aromatic nitrogens is 2. The zero-order valence-corrected chi connectivity index (χ0v) is 6.86. The number of alkyl halides is 2. The molecule has 0 saturated carbocycles. The molecule has 0 aliphatic heterocycles. The third-order valence-electron chi connectivity index (χ3n) is 1.34. The molecule has 0 bridgehead atoms. The van der Waals surface area contributed by atoms with Gasteiger partial charge in [0.15, 0.2) is 0 Å². The van der Waals surface area contributed by atoms with E-state index >= 15 is 0 Å². The number of hydrogen-bond acceptors (Lipinski definition) is 1. The second-order valence-electron chi connectivity index (χ2n) is 2.36. The lowest BCUT2D eigenvalue weighted by Crippen LogP contribution is -2.06. The van der Waals surface area contributed by atoms with Crippen molar-refractivity contribution in [2.75, 3.05) is 0 Å². The molecule has 62 valence electrons. The lowest BCUT2D eigenvalue weighted by Gasteiger charge is -2.06. The maximum absolute atomic E-state index is 12.6. The van der Waals surface area contributed by atoms with Crippen molar-refractivity contribution in [3.05, 3.63) is 16.9 Å². The molecule has 0 fully saturated rings. The van der Waals surface area contributed by atoms with E-state index in [4.69, 9.17) is 11.6 Å². The van der Waals surface area contributed by atoms with E-state index in [9.17, 15) is 8.78 Å². The molecule has 0 N–H and O–H groups in total. The van der Waals surface area contributed by atoms with Crippen molar-refractivity contribution in [2.24, 2.45) is 7.05 Å². The van der Waals surface area contributed by atoms with E-state index in [0.29, 0.717) is 0 Å². The normalized spacial score (nSPS) is 12.1. The zero-order valence-electron chi connectivity index (χ0n) is 6.11. The van der Waals surface area contributed by atoms with Gasteiger partial charge >= 0.3 is 0 Å². The number of aryl methyl sites for hydroxylation is 1. The summed E-state index contributed by atoms with van der Waals surface area (Å²) in [6.07, 6.45) is 1.07. The van der Waals surface area contributed by atoms with E-state index in [1.807, 2.05) is 0 Å². The lowest BCUT2D eigenvalue weighted by atomic mass is 10.2. The van der Waals surface area contributed by atoms with Gasteiger partial charge in [-0.15, -0.1) is 0 Å². The summed E-state index contributed by atoms with van der Waals surface area (Å²) in [5.41, 5.74) is -0.235. The minimum atomic E-state index is -2.91. The molecule has 0 spiro atoms. The van der Waals surface area contributed by atoms with Crippen molar-refractivity contribution in [1.82, 2.24) is 9.78 Å². The van der Waals surface area contributed by atoms with Gasteiger partial charge in [-0.1, -0.05) is 11.6 Å². The van der Waals surface area contributed by atoms with Crippen molar-refractivity contribution in [2.45, 2.75) is 12.8 Å². The van der Waals surface area contributed by atoms with Crippen molar-refractivity contribution >= 4 is 11.6 Å². The summed E-state index contributed by atoms with van der Waals surface area (Å²) in [4.78, 5) is 0. The quantitative estimate of drug-likeness (QED) is 0.648. The molecule has 2 nitrogen and oxygen atoms in total. The van der Waals surface area contributed by atoms with Gasteiger partial charge in [0.2, 0.25) is 0 Å². The largest absolute Gasteiger partial charge is 0.275 e. The van der Waals surface area contributed by atoms with Crippen LogP contribution >= 0.6 is 11.6 Å². The highest BCUT2D eigenvalue weighted by molar-refractivity contribution is 6.30. The van der Waals surface area contributed by atoms with Crippen LogP contribution < -0.4 is 0 Å². The Kier molecular flexibility index (Phi) is 1.88. The molecule has 0 radical (unpaired) electrons. The van der Waals surface area contributed by atoms with E-state index < -0.39 is 5.92 Å². The first-order valence-electron chi connectivity index (χ1n) is 2.98. The van der Waals surface area contributed by atoms with Crippen LogP contribution in [-0.4, -0.2) is 9.78 Å². The SMILES string of the molecule is Cn1ncc(C(C)(F)F)c1Cl. The van der Waals surface area contributed by atoms with Gasteiger partial charge in [0.25, 0.3) is 5.92 Å². The Labute approximate surface area is 67.8 Å². The fourth-order valence-corrected chi connectivity index (χ4v) is 0.975. The topological polar surface area (TPSA) is 17.8 Å². The van der Waals surface area contributed by atoms with Gasteiger partial charge in [0, 0.05) is 14.0 Å². The summed E-state index contributed by atoms with van der Waals surface area (Å²) in [6, 6.07) is 0. The van der Waals surface area contributed by atoms with Crippen LogP contribution in [-0.2, 0) is 13.0 Å². The molecule has 0 aliphatic carbocycles. The molecule has 0 aromatic carbocycles. The zero-order chi connectivity index (χ0) is 8.65. The Balaban J connectivity index is 3.15. The van der Waals surface area contributed by atoms with Crippen LogP contribution in [0.4, 0.5) is 8.78 Å². The Morgan fingerprint density at radius 3 is 2.36 bits per heavy atom. The smallest absolute Gasteiger partial charge is 0.257 e. The van der Waals surface area contributed by atoms with Gasteiger partial charge in [-0.05, 0) is 0 Å². The Hall–Kier alpha value is -0.640. The van der Waals surface area contributed by atoms with Crippen molar-refractivity contribution in [1.29, 1.82) is 0 Å². The fourth-order valence-electron chi connectivity index (χ4n) is 0.717. The number of nitrogens with zero attached hydrogens (tertiary/aromatic N) is 2. The van der Waals surface area contributed by atoms with Crippen LogP contribution in [0.25, 0.3) is 0 Å². The molecular weight excluding hydrogens is 174 g/mol. The predicted octanol–water partition coefficient (Wildman–Crippen LogP) is 2.19. The van der Waals surface area contributed by atoms with Crippen LogP contribution in [0.2, 0.25) is 5.15 Å². The van der Waals surface area contributed by atoms with E-state index in [2.05, 4.69) is 5.10 Å². The molecule has 1 heterocycles. The number of hydrogen-bond donors (Lipinski definition) is 0. The molecular formula is C6H7ClF2N2. The van der Waals surface area contributed by atoms with Gasteiger partial charge in [-0.3, -0.25) is 4.68 Å². The standard InChI is InChI=1S/C6H7ClF2N2/c1-6(8,9)4-3-10-11(2)5(4)7/h3H,1-2H3. The summed E-state index contributed by atoms with van der Waals surface area (Å²) in [5, 5.41) is 3.57. The minimum absolute atomic E-state index is 0.0162. The molecule has 1 rings (SSSR count). The molecule has 1 aromatic rings. The lowest BCUT2D eigenvalue weighted by molar-refractivity contribution is 0.0175. The highest BCUT2D eigenvalue weighted by Crippen LogP contribution is 2.31. The molecule has 0 amide bonds. The monoisotopic (exact) mass is 180 g/mol. The average Bonchev–Trinajstić information content (AvgIpc) is 2.11. The third kappa shape index (κ3) is 1.50. The molecule has 0 saturated heterocycles. The number of rotatable bonds is 1. The molecule has 11 heavy (non-hydrogen) atoms. The first-order chi connectivity index (χ1) is 4.93. The maximum Gasteiger partial charge on any atom is 0.275 e. The van der Waals surface area contributed by atoms with E-state index in [1.165, 1.54) is 11.7 Å². The van der Waals surface area contributed by atoms with Crippen LogP contribution in [0, 0.1) is 0 Å². The Morgan fingerprint density at radius 2 is 2.18 bits per heavy atom. The first kappa shape index (κ1) is 8.46. The van der Waals surface area contributed by atoms with Gasteiger partial charge in [0.05, 0.1) is 11.8 Å². The Morgan fingerprint density at radius 1 is 1.64 bits per heavy atom. The molecule has 0 unspecified atom stereocenters. The molecule has 5 heteroatoms.